The zero-order valence-electron chi connectivity index (χ0n) is 41.5. The molecule has 0 saturated carbocycles. The van der Waals surface area contributed by atoms with E-state index in [-0.39, 0.29) is 119 Å². The van der Waals surface area contributed by atoms with Crippen molar-refractivity contribution in [2.75, 3.05) is 119 Å². The van der Waals surface area contributed by atoms with Crippen molar-refractivity contribution in [3.05, 3.63) is 0 Å². The van der Waals surface area contributed by atoms with E-state index < -0.39 is 47.8 Å². The van der Waals surface area contributed by atoms with Crippen LogP contribution in [0.15, 0.2) is 0 Å². The molecule has 0 rings (SSSR count). The second-order valence-corrected chi connectivity index (χ2v) is 92.9. The third-order valence-corrected chi connectivity index (χ3v) is 166. The molecule has 0 atom stereocenters. The van der Waals surface area contributed by atoms with Gasteiger partial charge in [0.2, 0.25) is 0 Å². The van der Waals surface area contributed by atoms with E-state index in [1.807, 2.05) is 125 Å². The number of hydrogen-bond acceptors (Lipinski definition) is 18. The van der Waals surface area contributed by atoms with E-state index in [0.717, 1.165) is 0 Å². The molecule has 0 fully saturated rings. The molecule has 0 aromatic heterocycles. The van der Waals surface area contributed by atoms with Crippen molar-refractivity contribution in [2.45, 2.75) is 125 Å². The Bertz CT molecular complexity index is 847. The van der Waals surface area contributed by atoms with Gasteiger partial charge in [0.05, 0.1) is 0 Å². The van der Waals surface area contributed by atoms with Crippen LogP contribution in [0, 0.1) is 0 Å². The summed E-state index contributed by atoms with van der Waals surface area (Å²) in [6, 6.07) is 0. The first-order valence-electron chi connectivity index (χ1n) is 22.8. The van der Waals surface area contributed by atoms with Crippen LogP contribution in [-0.4, -0.2) is 119 Å². The van der Waals surface area contributed by atoms with Gasteiger partial charge in [-0.2, -0.15) is 0 Å². The molecular formula is C36H96CrO18P6. The molecule has 0 N–H and O–H groups in total. The van der Waals surface area contributed by atoms with Gasteiger partial charge in [0, 0.05) is 0 Å². The van der Waals surface area contributed by atoms with Crippen molar-refractivity contribution < 1.29 is 89.7 Å². The van der Waals surface area contributed by atoms with E-state index in [0.29, 0.717) is 0 Å². The molecule has 0 aliphatic rings. The third-order valence-electron chi connectivity index (χ3n) is 9.53. The van der Waals surface area contributed by atoms with Crippen molar-refractivity contribution in [3.8, 4) is 0 Å². The molecular weight excluding hydrogens is 958 g/mol. The van der Waals surface area contributed by atoms with Crippen LogP contribution in [0.5, 0.6) is 0 Å². The molecule has 0 bridgehead atoms. The summed E-state index contributed by atoms with van der Waals surface area (Å²) >= 11 is 0. The summed E-state index contributed by atoms with van der Waals surface area (Å²) in [7, 11) is -8.53. The van der Waals surface area contributed by atoms with Gasteiger partial charge in [-0.15, -0.1) is 0 Å². The Morgan fingerprint density at radius 1 is 0.164 bits per heavy atom. The summed E-state index contributed by atoms with van der Waals surface area (Å²) in [4.78, 5) is 0. The summed E-state index contributed by atoms with van der Waals surface area (Å²) in [5.41, 5.74) is 0. The van der Waals surface area contributed by atoms with E-state index in [1.54, 1.807) is 0 Å². The van der Waals surface area contributed by atoms with Crippen molar-refractivity contribution >= 4 is 39.5 Å². The molecule has 0 aromatic rings. The Morgan fingerprint density at radius 2 is 0.230 bits per heavy atom. The van der Waals surface area contributed by atoms with Crippen molar-refractivity contribution in [1.29, 1.82) is 0 Å². The van der Waals surface area contributed by atoms with Crippen molar-refractivity contribution in [2.24, 2.45) is 0 Å². The van der Waals surface area contributed by atoms with Gasteiger partial charge in [0.15, 0.2) is 0 Å². The first-order valence-corrected chi connectivity index (χ1v) is 44.1. The third kappa shape index (κ3) is 8.42. The predicted octanol–water partition coefficient (Wildman–Crippen LogP) is 12.3. The quantitative estimate of drug-likeness (QED) is 0.0529. The van der Waals surface area contributed by atoms with Crippen LogP contribution in [0.25, 0.3) is 0 Å². The summed E-state index contributed by atoms with van der Waals surface area (Å²) in [5.74, 6) is 0. The van der Waals surface area contributed by atoms with Gasteiger partial charge < -0.3 is 0 Å². The standard InChI is InChI=1S/6C6H16O3P.Cr/c6*1-4-7-10(8-5-2)9-6-3;/h6*10H,4-6H2,1-3H3;/q6*+1;-6. The molecule has 0 aliphatic carbocycles. The summed E-state index contributed by atoms with van der Waals surface area (Å²) in [6.07, 6.45) is 0. The molecule has 0 aromatic carbocycles. The molecule has 384 valence electrons. The zero-order chi connectivity index (χ0) is 46.9. The van der Waals surface area contributed by atoms with E-state index in [2.05, 4.69) is 0 Å². The first-order chi connectivity index (χ1) is 29.3. The van der Waals surface area contributed by atoms with Crippen molar-refractivity contribution in [3.63, 3.8) is 0 Å². The van der Waals surface area contributed by atoms with Crippen LogP contribution in [0.4, 0.5) is 0 Å². The number of rotatable bonds is 42. The molecule has 0 saturated heterocycles. The monoisotopic (exact) mass is 1050 g/mol. The minimum absolute atomic E-state index is 0.0350. The average Bonchev–Trinajstić information content (AvgIpc) is 3.20. The van der Waals surface area contributed by atoms with Crippen LogP contribution < -0.4 is 0 Å². The second kappa shape index (κ2) is 29.4. The van der Waals surface area contributed by atoms with Gasteiger partial charge in [-0.25, -0.2) is 0 Å². The summed E-state index contributed by atoms with van der Waals surface area (Å²) < 4.78 is 139. The zero-order valence-corrected chi connectivity index (χ0v) is 48.8. The van der Waals surface area contributed by atoms with Gasteiger partial charge in [0.1, 0.15) is 0 Å². The fraction of sp³-hybridized carbons (Fsp3) is 1.00. The fourth-order valence-electron chi connectivity index (χ4n) is 8.88. The molecule has 0 radical (unpaired) electrons. The maximum absolute atomic E-state index is 8.53. The molecule has 61 heavy (non-hydrogen) atoms. The second-order valence-electron chi connectivity index (χ2n) is 12.3. The van der Waals surface area contributed by atoms with Crippen LogP contribution >= 0.6 is 39.5 Å². The van der Waals surface area contributed by atoms with E-state index in [9.17, 15) is 0 Å². The first kappa shape index (κ1) is 63.4. The van der Waals surface area contributed by atoms with Crippen LogP contribution in [-0.2, 0) is 89.7 Å². The van der Waals surface area contributed by atoms with Crippen LogP contribution in [0.1, 0.15) is 125 Å². The van der Waals surface area contributed by atoms with Gasteiger partial charge >= 0.3 is 373 Å². The topological polar surface area (TPSA) is 166 Å². The summed E-state index contributed by atoms with van der Waals surface area (Å²) in [6.45, 7) is -0.389. The van der Waals surface area contributed by atoms with Gasteiger partial charge in [-0.1, -0.05) is 0 Å². The Balaban J connectivity index is 13.3. The molecule has 0 amide bonds. The molecule has 0 unspecified atom stereocenters. The Labute approximate surface area is 371 Å². The SMILES string of the molecule is CCO[PH](OCC)(OCC)[Cr]([PH](OCC)(OCC)OCC)([PH](OCC)(OCC)OCC)([PH](OCC)(OCC)OCC)([PH](OCC)(OCC)OCC)[PH](OCC)(OCC)OCC. The van der Waals surface area contributed by atoms with E-state index in [1.165, 1.54) is 0 Å². The minimum atomic E-state index is -8.53. The van der Waals surface area contributed by atoms with Crippen molar-refractivity contribution in [1.82, 2.24) is 0 Å². The Hall–Kier alpha value is 2.39. The van der Waals surface area contributed by atoms with Crippen LogP contribution in [0.3, 0.4) is 0 Å². The van der Waals surface area contributed by atoms with E-state index in [4.69, 9.17) is 81.4 Å². The average molecular weight is 1050 g/mol. The summed E-state index contributed by atoms with van der Waals surface area (Å²) in [5, 5.41) is 0. The van der Waals surface area contributed by atoms with Crippen LogP contribution in [0.2, 0.25) is 0 Å². The fourth-order valence-corrected chi connectivity index (χ4v) is 205. The van der Waals surface area contributed by atoms with E-state index >= 15 is 0 Å². The Kier molecular flexibility index (Phi) is 30.6. The molecule has 25 heteroatoms. The molecule has 18 nitrogen and oxygen atoms in total. The van der Waals surface area contributed by atoms with Gasteiger partial charge in [0.25, 0.3) is 0 Å². The molecule has 0 heterocycles. The van der Waals surface area contributed by atoms with Gasteiger partial charge in [-0.3, -0.25) is 0 Å². The molecule has 0 spiro atoms. The predicted molar refractivity (Wildman–Crippen MR) is 259 cm³/mol. The maximum atomic E-state index is 7.75. The normalized spacial score (nSPS) is 16.6. The molecule has 0 aliphatic heterocycles. The number of hydrogen-bond donors (Lipinski definition) is 0. The Morgan fingerprint density at radius 3 is 0.279 bits per heavy atom. The van der Waals surface area contributed by atoms with Gasteiger partial charge in [-0.05, 0) is 0 Å².